The lowest BCUT2D eigenvalue weighted by Gasteiger charge is -1.78. The molecule has 0 bridgehead atoms. The van der Waals surface area contributed by atoms with Crippen LogP contribution in [0.4, 0.5) is 0 Å². The third kappa shape index (κ3) is 3.73. The largest absolute Gasteiger partial charge is 0.102 e. The summed E-state index contributed by atoms with van der Waals surface area (Å²) in [7, 11) is 0. The first kappa shape index (κ1) is 7.55. The Balaban J connectivity index is 4.36. The molecular weight excluding hydrogens is 120 g/mol. The van der Waals surface area contributed by atoms with Crippen LogP contribution in [-0.4, -0.2) is 0 Å². The van der Waals surface area contributed by atoms with Crippen molar-refractivity contribution >= 4 is 11.6 Å². The van der Waals surface area contributed by atoms with Crippen molar-refractivity contribution in [2.24, 2.45) is 0 Å². The van der Waals surface area contributed by atoms with Crippen molar-refractivity contribution in [3.63, 3.8) is 0 Å². The van der Waals surface area contributed by atoms with Gasteiger partial charge in [-0.2, -0.15) is 0 Å². The summed E-state index contributed by atoms with van der Waals surface area (Å²) in [4.78, 5) is 0. The summed E-state index contributed by atoms with van der Waals surface area (Å²) in [6, 6.07) is 0. The highest BCUT2D eigenvalue weighted by molar-refractivity contribution is 6.31. The first-order valence-electron chi connectivity index (χ1n) is 2.39. The van der Waals surface area contributed by atoms with Gasteiger partial charge in [0.15, 0.2) is 0 Å². The highest BCUT2D eigenvalue weighted by Crippen LogP contribution is 1.99. The molecule has 0 radical (unpaired) electrons. The van der Waals surface area contributed by atoms with Crippen molar-refractivity contribution in [1.82, 2.24) is 0 Å². The van der Waals surface area contributed by atoms with Gasteiger partial charge in [-0.25, -0.2) is 0 Å². The Labute approximate surface area is 55.2 Å². The first-order valence-corrected chi connectivity index (χ1v) is 2.76. The van der Waals surface area contributed by atoms with Gasteiger partial charge in [0.1, 0.15) is 0 Å². The summed E-state index contributed by atoms with van der Waals surface area (Å²) in [6.07, 6.45) is 1.56. The average Bonchev–Trinajstić information content (AvgIpc) is 1.65. The minimum atomic E-state index is 0.574. The standard InChI is InChI=1S/C7H9Cl/c1-4-7(8)5-6(2)3/h4H,1H2,2-3H3. The van der Waals surface area contributed by atoms with Crippen LogP contribution in [0.15, 0.2) is 29.0 Å². The van der Waals surface area contributed by atoms with Gasteiger partial charge >= 0.3 is 0 Å². The SMILES string of the molecule is C=CC(Cl)=C=C(C)C. The second-order valence-electron chi connectivity index (χ2n) is 1.68. The van der Waals surface area contributed by atoms with E-state index in [0.717, 1.165) is 5.57 Å². The summed E-state index contributed by atoms with van der Waals surface area (Å²) in [5, 5.41) is 0.574. The summed E-state index contributed by atoms with van der Waals surface area (Å²) >= 11 is 5.53. The molecule has 0 saturated carbocycles. The molecule has 0 heterocycles. The molecule has 0 amide bonds. The zero-order chi connectivity index (χ0) is 6.57. The summed E-state index contributed by atoms with van der Waals surface area (Å²) in [5.74, 6) is 0. The van der Waals surface area contributed by atoms with E-state index in [1.54, 1.807) is 6.08 Å². The lowest BCUT2D eigenvalue weighted by Crippen LogP contribution is -1.57. The third-order valence-electron chi connectivity index (χ3n) is 0.549. The van der Waals surface area contributed by atoms with Gasteiger partial charge < -0.3 is 0 Å². The summed E-state index contributed by atoms with van der Waals surface area (Å²) in [5.41, 5.74) is 3.94. The lowest BCUT2D eigenvalue weighted by atomic mass is 10.4. The minimum absolute atomic E-state index is 0.574. The van der Waals surface area contributed by atoms with E-state index in [2.05, 4.69) is 12.3 Å². The van der Waals surface area contributed by atoms with Gasteiger partial charge in [-0.1, -0.05) is 18.2 Å². The van der Waals surface area contributed by atoms with Gasteiger partial charge in [0, 0.05) is 0 Å². The number of allylic oxidation sites excluding steroid dienone is 2. The van der Waals surface area contributed by atoms with Crippen LogP contribution in [0.3, 0.4) is 0 Å². The second kappa shape index (κ2) is 3.54. The Hall–Kier alpha value is -0.450. The van der Waals surface area contributed by atoms with E-state index in [-0.39, 0.29) is 0 Å². The highest BCUT2D eigenvalue weighted by atomic mass is 35.5. The van der Waals surface area contributed by atoms with E-state index in [4.69, 9.17) is 11.6 Å². The van der Waals surface area contributed by atoms with E-state index in [1.165, 1.54) is 0 Å². The molecule has 0 nitrogen and oxygen atoms in total. The van der Waals surface area contributed by atoms with Gasteiger partial charge in [-0.3, -0.25) is 0 Å². The number of hydrogen-bond acceptors (Lipinski definition) is 0. The fourth-order valence-electron chi connectivity index (χ4n) is 0.290. The van der Waals surface area contributed by atoms with Crippen LogP contribution in [0.25, 0.3) is 0 Å². The molecule has 0 spiro atoms. The quantitative estimate of drug-likeness (QED) is 0.376. The Morgan fingerprint density at radius 1 is 1.62 bits per heavy atom. The topological polar surface area (TPSA) is 0 Å². The van der Waals surface area contributed by atoms with Crippen LogP contribution < -0.4 is 0 Å². The fourth-order valence-corrected chi connectivity index (χ4v) is 0.479. The average molecular weight is 129 g/mol. The fraction of sp³-hybridized carbons (Fsp3) is 0.286. The van der Waals surface area contributed by atoms with Crippen LogP contribution in [0, 0.1) is 0 Å². The van der Waals surface area contributed by atoms with Crippen molar-refractivity contribution in [2.75, 3.05) is 0 Å². The molecule has 0 rings (SSSR count). The van der Waals surface area contributed by atoms with Gasteiger partial charge in [-0.05, 0) is 25.5 Å². The maximum Gasteiger partial charge on any atom is 0.0817 e. The summed E-state index contributed by atoms with van der Waals surface area (Å²) in [6.45, 7) is 7.34. The van der Waals surface area contributed by atoms with Crippen molar-refractivity contribution in [3.05, 3.63) is 29.0 Å². The minimum Gasteiger partial charge on any atom is -0.102 e. The molecule has 0 N–H and O–H groups in total. The van der Waals surface area contributed by atoms with Crippen LogP contribution in [0.1, 0.15) is 13.8 Å². The molecule has 44 valence electrons. The predicted molar refractivity (Wildman–Crippen MR) is 37.9 cm³/mol. The van der Waals surface area contributed by atoms with Gasteiger partial charge in [-0.15, -0.1) is 5.73 Å². The zero-order valence-electron chi connectivity index (χ0n) is 5.16. The zero-order valence-corrected chi connectivity index (χ0v) is 5.92. The van der Waals surface area contributed by atoms with Crippen molar-refractivity contribution in [3.8, 4) is 0 Å². The Bertz CT molecular complexity index is 144. The molecule has 0 saturated heterocycles. The maximum atomic E-state index is 5.53. The summed E-state index contributed by atoms with van der Waals surface area (Å²) < 4.78 is 0. The number of halogens is 1. The molecule has 0 fully saturated rings. The normalized spacial score (nSPS) is 7.38. The molecule has 8 heavy (non-hydrogen) atoms. The smallest absolute Gasteiger partial charge is 0.0817 e. The lowest BCUT2D eigenvalue weighted by molar-refractivity contribution is 1.41. The first-order chi connectivity index (χ1) is 3.66. The monoisotopic (exact) mass is 128 g/mol. The molecule has 0 unspecified atom stereocenters. The molecule has 0 aromatic carbocycles. The maximum absolute atomic E-state index is 5.53. The molecular formula is C7H9Cl. The Kier molecular flexibility index (Phi) is 3.34. The van der Waals surface area contributed by atoms with Crippen LogP contribution >= 0.6 is 11.6 Å². The van der Waals surface area contributed by atoms with Crippen LogP contribution in [0.5, 0.6) is 0 Å². The number of hydrogen-bond donors (Lipinski definition) is 0. The van der Waals surface area contributed by atoms with E-state index >= 15 is 0 Å². The molecule has 1 heteroatoms. The van der Waals surface area contributed by atoms with Crippen molar-refractivity contribution in [1.29, 1.82) is 0 Å². The van der Waals surface area contributed by atoms with Crippen molar-refractivity contribution < 1.29 is 0 Å². The van der Waals surface area contributed by atoms with E-state index < -0.39 is 0 Å². The third-order valence-corrected chi connectivity index (χ3v) is 0.797. The van der Waals surface area contributed by atoms with Crippen molar-refractivity contribution in [2.45, 2.75) is 13.8 Å². The highest BCUT2D eigenvalue weighted by Gasteiger charge is 1.75. The van der Waals surface area contributed by atoms with Crippen LogP contribution in [0.2, 0.25) is 0 Å². The second-order valence-corrected chi connectivity index (χ2v) is 2.08. The van der Waals surface area contributed by atoms with E-state index in [1.807, 2.05) is 13.8 Å². The number of rotatable bonds is 1. The Morgan fingerprint density at radius 2 is 2.12 bits per heavy atom. The van der Waals surface area contributed by atoms with Gasteiger partial charge in [0.05, 0.1) is 5.03 Å². The van der Waals surface area contributed by atoms with E-state index in [9.17, 15) is 0 Å². The molecule has 0 atom stereocenters. The van der Waals surface area contributed by atoms with Crippen LogP contribution in [-0.2, 0) is 0 Å². The molecule has 0 aliphatic rings. The molecule has 0 aliphatic heterocycles. The molecule has 0 aromatic rings. The Morgan fingerprint density at radius 3 is 2.25 bits per heavy atom. The molecule has 0 aromatic heterocycles. The van der Waals surface area contributed by atoms with Gasteiger partial charge in [0.2, 0.25) is 0 Å². The predicted octanol–water partition coefficient (Wildman–Crippen LogP) is 2.86. The van der Waals surface area contributed by atoms with E-state index in [0.29, 0.717) is 5.03 Å². The molecule has 0 aliphatic carbocycles. The van der Waals surface area contributed by atoms with Gasteiger partial charge in [0.25, 0.3) is 0 Å².